The molecule has 2 aromatic rings. The Labute approximate surface area is 102 Å². The molecule has 7 nitrogen and oxygen atoms in total. The number of aromatic nitrogens is 4. The number of anilines is 1. The van der Waals surface area contributed by atoms with Crippen LogP contribution in [0.25, 0.3) is 0 Å². The molecule has 0 aliphatic carbocycles. The van der Waals surface area contributed by atoms with Crippen LogP contribution >= 0.6 is 11.3 Å². The summed E-state index contributed by atoms with van der Waals surface area (Å²) in [7, 11) is 1.83. The Morgan fingerprint density at radius 3 is 3.18 bits per heavy atom. The largest absolute Gasteiger partial charge is 0.314 e. The standard InChI is InChI=1S/C9H12N6OS/c1-10-4-7-5-15(14-13-7)6-8(16)12-9-11-2-3-17-9/h2-3,5,10H,4,6H2,1H3,(H,11,12,16). The molecule has 0 aliphatic rings. The van der Waals surface area contributed by atoms with E-state index in [1.807, 2.05) is 7.05 Å². The van der Waals surface area contributed by atoms with E-state index in [0.717, 1.165) is 5.69 Å². The zero-order valence-electron chi connectivity index (χ0n) is 9.25. The van der Waals surface area contributed by atoms with Gasteiger partial charge in [0.1, 0.15) is 6.54 Å². The molecule has 0 saturated carbocycles. The molecular weight excluding hydrogens is 240 g/mol. The first-order valence-electron chi connectivity index (χ1n) is 5.01. The summed E-state index contributed by atoms with van der Waals surface area (Å²) in [6.07, 6.45) is 3.37. The zero-order chi connectivity index (χ0) is 12.1. The second-order valence-corrected chi connectivity index (χ2v) is 4.22. The maximum Gasteiger partial charge on any atom is 0.247 e. The highest BCUT2D eigenvalue weighted by Gasteiger charge is 2.07. The maximum absolute atomic E-state index is 11.6. The molecule has 0 radical (unpaired) electrons. The highest BCUT2D eigenvalue weighted by Crippen LogP contribution is 2.09. The number of nitrogens with zero attached hydrogens (tertiary/aromatic N) is 4. The Kier molecular flexibility index (Phi) is 3.78. The van der Waals surface area contributed by atoms with Crippen molar-refractivity contribution in [2.24, 2.45) is 0 Å². The zero-order valence-corrected chi connectivity index (χ0v) is 10.1. The fraction of sp³-hybridized carbons (Fsp3) is 0.333. The topological polar surface area (TPSA) is 84.7 Å². The highest BCUT2D eigenvalue weighted by atomic mass is 32.1. The lowest BCUT2D eigenvalue weighted by atomic mass is 10.5. The van der Waals surface area contributed by atoms with Crippen molar-refractivity contribution in [1.29, 1.82) is 0 Å². The molecule has 90 valence electrons. The van der Waals surface area contributed by atoms with Gasteiger partial charge in [0.25, 0.3) is 0 Å². The lowest BCUT2D eigenvalue weighted by Gasteiger charge is -2.00. The van der Waals surface area contributed by atoms with Gasteiger partial charge in [0.2, 0.25) is 5.91 Å². The first-order chi connectivity index (χ1) is 8.28. The van der Waals surface area contributed by atoms with Crippen LogP contribution in [0.15, 0.2) is 17.8 Å². The molecular formula is C9H12N6OS. The van der Waals surface area contributed by atoms with Crippen molar-refractivity contribution in [1.82, 2.24) is 25.3 Å². The lowest BCUT2D eigenvalue weighted by Crippen LogP contribution is -2.19. The van der Waals surface area contributed by atoms with E-state index in [0.29, 0.717) is 11.7 Å². The third kappa shape index (κ3) is 3.33. The summed E-state index contributed by atoms with van der Waals surface area (Å²) in [4.78, 5) is 15.6. The molecule has 1 amide bonds. The number of carbonyl (C=O) groups is 1. The third-order valence-electron chi connectivity index (χ3n) is 1.93. The summed E-state index contributed by atoms with van der Waals surface area (Å²) in [6, 6.07) is 0. The third-order valence-corrected chi connectivity index (χ3v) is 2.62. The molecule has 0 fully saturated rings. The van der Waals surface area contributed by atoms with Crippen LogP contribution in [0.3, 0.4) is 0 Å². The molecule has 0 atom stereocenters. The van der Waals surface area contributed by atoms with Gasteiger partial charge >= 0.3 is 0 Å². The van der Waals surface area contributed by atoms with Crippen molar-refractivity contribution in [3.05, 3.63) is 23.5 Å². The van der Waals surface area contributed by atoms with E-state index in [1.54, 1.807) is 17.8 Å². The minimum atomic E-state index is -0.166. The molecule has 0 saturated heterocycles. The van der Waals surface area contributed by atoms with Crippen LogP contribution in [0.4, 0.5) is 5.13 Å². The minimum absolute atomic E-state index is 0.135. The first-order valence-corrected chi connectivity index (χ1v) is 5.89. The van der Waals surface area contributed by atoms with Crippen molar-refractivity contribution in [3.63, 3.8) is 0 Å². The Hall–Kier alpha value is -1.80. The molecule has 0 aliphatic heterocycles. The van der Waals surface area contributed by atoms with Gasteiger partial charge in [-0.05, 0) is 7.05 Å². The first kappa shape index (κ1) is 11.7. The quantitative estimate of drug-likeness (QED) is 0.788. The number of hydrogen-bond donors (Lipinski definition) is 2. The molecule has 8 heteroatoms. The van der Waals surface area contributed by atoms with Gasteiger partial charge in [0.05, 0.1) is 11.9 Å². The average molecular weight is 252 g/mol. The second-order valence-electron chi connectivity index (χ2n) is 3.32. The average Bonchev–Trinajstić information content (AvgIpc) is 2.91. The van der Waals surface area contributed by atoms with E-state index in [4.69, 9.17) is 0 Å². The van der Waals surface area contributed by atoms with Gasteiger partial charge in [-0.15, -0.1) is 16.4 Å². The molecule has 2 N–H and O–H groups in total. The predicted molar refractivity (Wildman–Crippen MR) is 63.5 cm³/mol. The van der Waals surface area contributed by atoms with Crippen molar-refractivity contribution >= 4 is 22.4 Å². The molecule has 0 spiro atoms. The van der Waals surface area contributed by atoms with Crippen LogP contribution in [-0.2, 0) is 17.9 Å². The van der Waals surface area contributed by atoms with Crippen molar-refractivity contribution < 1.29 is 4.79 Å². The van der Waals surface area contributed by atoms with E-state index in [2.05, 4.69) is 25.9 Å². The van der Waals surface area contributed by atoms with Gasteiger partial charge in [0.15, 0.2) is 5.13 Å². The number of amides is 1. The highest BCUT2D eigenvalue weighted by molar-refractivity contribution is 7.13. The number of carbonyl (C=O) groups excluding carboxylic acids is 1. The lowest BCUT2D eigenvalue weighted by molar-refractivity contribution is -0.116. The van der Waals surface area contributed by atoms with Crippen molar-refractivity contribution in [3.8, 4) is 0 Å². The Balaban J connectivity index is 1.89. The van der Waals surface area contributed by atoms with E-state index >= 15 is 0 Å². The second kappa shape index (κ2) is 5.51. The number of rotatable bonds is 5. The summed E-state index contributed by atoms with van der Waals surface area (Å²) in [5.41, 5.74) is 0.801. The van der Waals surface area contributed by atoms with Gasteiger partial charge < -0.3 is 10.6 Å². The Bertz CT molecular complexity index is 479. The Morgan fingerprint density at radius 1 is 1.59 bits per heavy atom. The summed E-state index contributed by atoms with van der Waals surface area (Å²) < 4.78 is 1.50. The van der Waals surface area contributed by atoms with Crippen LogP contribution in [-0.4, -0.2) is 32.9 Å². The van der Waals surface area contributed by atoms with Crippen LogP contribution in [0, 0.1) is 0 Å². The van der Waals surface area contributed by atoms with E-state index < -0.39 is 0 Å². The normalized spacial score (nSPS) is 10.4. The minimum Gasteiger partial charge on any atom is -0.314 e. The number of thiazole rings is 1. The maximum atomic E-state index is 11.6. The molecule has 0 bridgehead atoms. The van der Waals surface area contributed by atoms with E-state index in [-0.39, 0.29) is 12.5 Å². The van der Waals surface area contributed by atoms with Gasteiger partial charge in [0, 0.05) is 18.1 Å². The van der Waals surface area contributed by atoms with E-state index in [1.165, 1.54) is 16.0 Å². The van der Waals surface area contributed by atoms with Gasteiger partial charge in [-0.3, -0.25) is 4.79 Å². The molecule has 2 heterocycles. The molecule has 0 aromatic carbocycles. The van der Waals surface area contributed by atoms with Crippen molar-refractivity contribution in [2.45, 2.75) is 13.1 Å². The summed E-state index contributed by atoms with van der Waals surface area (Å²) in [5, 5.41) is 15.8. The van der Waals surface area contributed by atoms with E-state index in [9.17, 15) is 4.79 Å². The summed E-state index contributed by atoms with van der Waals surface area (Å²) in [6.45, 7) is 0.768. The number of hydrogen-bond acceptors (Lipinski definition) is 6. The van der Waals surface area contributed by atoms with Gasteiger partial charge in [-0.1, -0.05) is 5.21 Å². The monoisotopic (exact) mass is 252 g/mol. The summed E-state index contributed by atoms with van der Waals surface area (Å²) >= 11 is 1.38. The molecule has 17 heavy (non-hydrogen) atoms. The molecule has 2 aromatic heterocycles. The fourth-order valence-corrected chi connectivity index (χ4v) is 1.81. The number of nitrogens with one attached hydrogen (secondary N) is 2. The van der Waals surface area contributed by atoms with Crippen LogP contribution < -0.4 is 10.6 Å². The SMILES string of the molecule is CNCc1cn(CC(=O)Nc2nccs2)nn1. The molecule has 0 unspecified atom stereocenters. The van der Waals surface area contributed by atoms with Crippen molar-refractivity contribution in [2.75, 3.05) is 12.4 Å². The van der Waals surface area contributed by atoms with Gasteiger partial charge in [-0.25, -0.2) is 9.67 Å². The smallest absolute Gasteiger partial charge is 0.247 e. The molecule has 2 rings (SSSR count). The van der Waals surface area contributed by atoms with Gasteiger partial charge in [-0.2, -0.15) is 0 Å². The van der Waals surface area contributed by atoms with Crippen LogP contribution in [0.2, 0.25) is 0 Å². The fourth-order valence-electron chi connectivity index (χ4n) is 1.27. The van der Waals surface area contributed by atoms with Crippen LogP contribution in [0.1, 0.15) is 5.69 Å². The Morgan fingerprint density at radius 2 is 2.47 bits per heavy atom. The van der Waals surface area contributed by atoms with Crippen LogP contribution in [0.5, 0.6) is 0 Å². The predicted octanol–water partition coefficient (Wildman–Crippen LogP) is 0.0927. The summed E-state index contributed by atoms with van der Waals surface area (Å²) in [5.74, 6) is -0.166.